The number of amides is 3. The van der Waals surface area contributed by atoms with Gasteiger partial charge in [0.25, 0.3) is 5.91 Å². The molecular weight excluding hydrogens is 410 g/mol. The van der Waals surface area contributed by atoms with E-state index in [4.69, 9.17) is 9.47 Å². The third-order valence-electron chi connectivity index (χ3n) is 5.19. The van der Waals surface area contributed by atoms with Gasteiger partial charge in [-0.3, -0.25) is 19.3 Å². The topological polar surface area (TPSA) is 88.2 Å². The van der Waals surface area contributed by atoms with E-state index in [0.717, 1.165) is 11.3 Å². The van der Waals surface area contributed by atoms with E-state index in [9.17, 15) is 14.4 Å². The summed E-state index contributed by atoms with van der Waals surface area (Å²) < 4.78 is 10.9. The lowest BCUT2D eigenvalue weighted by atomic mass is 10.1. The minimum atomic E-state index is -0.295. The Morgan fingerprint density at radius 2 is 1.81 bits per heavy atom. The number of carbonyl (C=O) groups is 3. The number of rotatable bonds is 9. The van der Waals surface area contributed by atoms with Gasteiger partial charge < -0.3 is 19.7 Å². The van der Waals surface area contributed by atoms with Gasteiger partial charge in [0.15, 0.2) is 6.61 Å². The molecule has 0 unspecified atom stereocenters. The average molecular weight is 440 g/mol. The van der Waals surface area contributed by atoms with Crippen LogP contribution in [0.25, 0.3) is 0 Å². The van der Waals surface area contributed by atoms with Crippen LogP contribution in [0.5, 0.6) is 11.5 Å². The molecule has 0 saturated carbocycles. The molecule has 0 aliphatic carbocycles. The molecule has 32 heavy (non-hydrogen) atoms. The monoisotopic (exact) mass is 439 g/mol. The van der Waals surface area contributed by atoms with Crippen LogP contribution in [0.4, 0.5) is 11.4 Å². The molecule has 2 aromatic carbocycles. The molecule has 0 bridgehead atoms. The van der Waals surface area contributed by atoms with Gasteiger partial charge in [0.1, 0.15) is 18.0 Å². The third-order valence-corrected chi connectivity index (χ3v) is 5.19. The summed E-state index contributed by atoms with van der Waals surface area (Å²) in [5.74, 6) is 0.636. The highest BCUT2D eigenvalue weighted by Gasteiger charge is 2.29. The minimum absolute atomic E-state index is 0.0690. The summed E-state index contributed by atoms with van der Waals surface area (Å²) in [5.41, 5.74) is 1.85. The van der Waals surface area contributed by atoms with E-state index in [2.05, 4.69) is 5.32 Å². The van der Waals surface area contributed by atoms with Crippen LogP contribution >= 0.6 is 0 Å². The number of fused-ring (bicyclic) bond motifs is 1. The van der Waals surface area contributed by atoms with Crippen molar-refractivity contribution in [3.05, 3.63) is 48.0 Å². The summed E-state index contributed by atoms with van der Waals surface area (Å²) in [4.78, 5) is 40.7. The highest BCUT2D eigenvalue weighted by Crippen LogP contribution is 2.34. The van der Waals surface area contributed by atoms with Gasteiger partial charge in [-0.2, -0.15) is 0 Å². The third kappa shape index (κ3) is 5.57. The number of hydrogen-bond donors (Lipinski definition) is 1. The van der Waals surface area contributed by atoms with E-state index in [-0.39, 0.29) is 37.3 Å². The molecule has 2 aromatic rings. The van der Waals surface area contributed by atoms with Crippen molar-refractivity contribution in [1.82, 2.24) is 4.90 Å². The van der Waals surface area contributed by atoms with Crippen LogP contribution in [0.3, 0.4) is 0 Å². The van der Waals surface area contributed by atoms with Crippen LogP contribution in [0.2, 0.25) is 0 Å². The van der Waals surface area contributed by atoms with Gasteiger partial charge in [0.2, 0.25) is 11.8 Å². The fourth-order valence-corrected chi connectivity index (χ4v) is 3.53. The van der Waals surface area contributed by atoms with Crippen molar-refractivity contribution in [1.29, 1.82) is 0 Å². The van der Waals surface area contributed by atoms with Crippen molar-refractivity contribution in [3.8, 4) is 11.5 Å². The van der Waals surface area contributed by atoms with Crippen molar-refractivity contribution in [2.45, 2.75) is 27.2 Å². The molecule has 1 aliphatic heterocycles. The zero-order valence-corrected chi connectivity index (χ0v) is 18.7. The second kappa shape index (κ2) is 10.7. The first-order valence-corrected chi connectivity index (χ1v) is 10.8. The van der Waals surface area contributed by atoms with Gasteiger partial charge in [-0.05, 0) is 56.7 Å². The van der Waals surface area contributed by atoms with Gasteiger partial charge >= 0.3 is 0 Å². The standard InChI is InChI=1S/C24H29N3O5/c1-4-26(5-2)23(29)15-27-20-14-18(9-12-21(20)32-16-24(27)30)25-22(28)13-17-7-10-19(11-8-17)31-6-3/h7-12,14H,4-6,13,15-16H2,1-3H3,(H,25,28). The number of hydrogen-bond acceptors (Lipinski definition) is 5. The summed E-state index contributed by atoms with van der Waals surface area (Å²) >= 11 is 0. The molecule has 3 rings (SSSR count). The van der Waals surface area contributed by atoms with Crippen LogP contribution in [0.1, 0.15) is 26.3 Å². The second-order valence-corrected chi connectivity index (χ2v) is 7.32. The van der Waals surface area contributed by atoms with Crippen molar-refractivity contribution < 1.29 is 23.9 Å². The maximum atomic E-state index is 12.6. The molecule has 1 N–H and O–H groups in total. The molecule has 8 heteroatoms. The number of carbonyl (C=O) groups excluding carboxylic acids is 3. The van der Waals surface area contributed by atoms with Crippen LogP contribution in [-0.4, -0.2) is 55.5 Å². The molecule has 0 saturated heterocycles. The first kappa shape index (κ1) is 23.1. The zero-order chi connectivity index (χ0) is 23.1. The molecule has 170 valence electrons. The van der Waals surface area contributed by atoms with Crippen LogP contribution in [0.15, 0.2) is 42.5 Å². The fourth-order valence-electron chi connectivity index (χ4n) is 3.53. The van der Waals surface area contributed by atoms with E-state index in [1.54, 1.807) is 23.1 Å². The normalized spacial score (nSPS) is 12.6. The molecule has 1 heterocycles. The summed E-state index contributed by atoms with van der Waals surface area (Å²) in [6, 6.07) is 12.4. The number of benzene rings is 2. The maximum absolute atomic E-state index is 12.6. The first-order valence-electron chi connectivity index (χ1n) is 10.8. The quantitative estimate of drug-likeness (QED) is 0.649. The summed E-state index contributed by atoms with van der Waals surface area (Å²) in [7, 11) is 0. The van der Waals surface area contributed by atoms with Crippen molar-refractivity contribution >= 4 is 29.1 Å². The highest BCUT2D eigenvalue weighted by molar-refractivity contribution is 6.03. The molecule has 0 radical (unpaired) electrons. The number of nitrogens with one attached hydrogen (secondary N) is 1. The van der Waals surface area contributed by atoms with E-state index in [1.807, 2.05) is 45.0 Å². The molecule has 0 aromatic heterocycles. The molecule has 3 amide bonds. The SMILES string of the molecule is CCOc1ccc(CC(=O)Nc2ccc3c(c2)N(CC(=O)N(CC)CC)C(=O)CO3)cc1. The molecule has 0 spiro atoms. The Morgan fingerprint density at radius 1 is 1.09 bits per heavy atom. The van der Waals surface area contributed by atoms with Gasteiger partial charge in [-0.1, -0.05) is 12.1 Å². The molecule has 8 nitrogen and oxygen atoms in total. The maximum Gasteiger partial charge on any atom is 0.265 e. The van der Waals surface area contributed by atoms with E-state index < -0.39 is 0 Å². The van der Waals surface area contributed by atoms with E-state index in [1.165, 1.54) is 4.90 Å². The van der Waals surface area contributed by atoms with E-state index in [0.29, 0.717) is 36.8 Å². The smallest absolute Gasteiger partial charge is 0.265 e. The zero-order valence-electron chi connectivity index (χ0n) is 18.7. The Balaban J connectivity index is 1.71. The fraction of sp³-hybridized carbons (Fsp3) is 0.375. The Morgan fingerprint density at radius 3 is 2.47 bits per heavy atom. The number of nitrogens with zero attached hydrogens (tertiary/aromatic N) is 2. The van der Waals surface area contributed by atoms with Crippen LogP contribution in [-0.2, 0) is 20.8 Å². The van der Waals surface area contributed by atoms with Crippen molar-refractivity contribution in [3.63, 3.8) is 0 Å². The van der Waals surface area contributed by atoms with E-state index >= 15 is 0 Å². The number of likely N-dealkylation sites (N-methyl/N-ethyl adjacent to an activating group) is 1. The van der Waals surface area contributed by atoms with Gasteiger partial charge in [0.05, 0.1) is 18.7 Å². The predicted molar refractivity (Wildman–Crippen MR) is 122 cm³/mol. The molecule has 1 aliphatic rings. The lowest BCUT2D eigenvalue weighted by molar-refractivity contribution is -0.131. The van der Waals surface area contributed by atoms with Crippen LogP contribution in [0, 0.1) is 0 Å². The molecule has 0 atom stereocenters. The summed E-state index contributed by atoms with van der Waals surface area (Å²) in [6.07, 6.45) is 0.198. The number of anilines is 2. The second-order valence-electron chi connectivity index (χ2n) is 7.32. The highest BCUT2D eigenvalue weighted by atomic mass is 16.5. The van der Waals surface area contributed by atoms with Crippen LogP contribution < -0.4 is 19.7 Å². The first-order chi connectivity index (χ1) is 15.4. The Kier molecular flexibility index (Phi) is 7.70. The number of ether oxygens (including phenoxy) is 2. The van der Waals surface area contributed by atoms with Gasteiger partial charge in [0, 0.05) is 18.8 Å². The Labute approximate surface area is 188 Å². The minimum Gasteiger partial charge on any atom is -0.494 e. The van der Waals surface area contributed by atoms with Gasteiger partial charge in [-0.15, -0.1) is 0 Å². The Hall–Kier alpha value is -3.55. The molecular formula is C24H29N3O5. The molecule has 0 fully saturated rings. The summed E-state index contributed by atoms with van der Waals surface area (Å²) in [6.45, 7) is 7.25. The predicted octanol–water partition coefficient (Wildman–Crippen LogP) is 2.86. The van der Waals surface area contributed by atoms with Crippen molar-refractivity contribution in [2.24, 2.45) is 0 Å². The summed E-state index contributed by atoms with van der Waals surface area (Å²) in [5, 5.41) is 2.86. The largest absolute Gasteiger partial charge is 0.494 e. The Bertz CT molecular complexity index is 970. The van der Waals surface area contributed by atoms with Gasteiger partial charge in [-0.25, -0.2) is 0 Å². The van der Waals surface area contributed by atoms with Crippen molar-refractivity contribution in [2.75, 3.05) is 43.1 Å². The lowest BCUT2D eigenvalue weighted by Gasteiger charge is -2.31. The lowest BCUT2D eigenvalue weighted by Crippen LogP contribution is -2.46. The average Bonchev–Trinajstić information content (AvgIpc) is 2.78.